The number of hydrogen-bond acceptors (Lipinski definition) is 3. The molecule has 0 aliphatic rings. The third-order valence-corrected chi connectivity index (χ3v) is 5.35. The van der Waals surface area contributed by atoms with Crippen molar-refractivity contribution in [1.29, 1.82) is 0 Å². The lowest BCUT2D eigenvalue weighted by atomic mass is 10.0. The number of pyridine rings is 1. The maximum atomic E-state index is 12.7. The molecule has 2 rings (SSSR count). The van der Waals surface area contributed by atoms with E-state index in [1.54, 1.807) is 6.08 Å². The molecule has 146 valence electrons. The molecule has 27 heavy (non-hydrogen) atoms. The number of rotatable bonds is 7. The molecule has 2 aromatic rings. The third kappa shape index (κ3) is 4.65. The quantitative estimate of drug-likeness (QED) is 0.484. The van der Waals surface area contributed by atoms with Gasteiger partial charge in [0.1, 0.15) is 5.69 Å². The fourth-order valence-electron chi connectivity index (χ4n) is 2.91. The number of nitrogens with zero attached hydrogens (tertiary/aromatic N) is 2. The van der Waals surface area contributed by atoms with Gasteiger partial charge in [-0.3, -0.25) is 4.98 Å². The summed E-state index contributed by atoms with van der Waals surface area (Å²) in [5, 5.41) is 10.8. The Morgan fingerprint density at radius 1 is 1.37 bits per heavy atom. The van der Waals surface area contributed by atoms with Crippen molar-refractivity contribution in [3.8, 4) is 0 Å². The Hall–Kier alpha value is -1.99. The smallest absolute Gasteiger partial charge is 0.392 e. The van der Waals surface area contributed by atoms with Crippen molar-refractivity contribution in [2.45, 2.75) is 51.0 Å². The van der Waals surface area contributed by atoms with Gasteiger partial charge >= 0.3 is 6.18 Å². The molecule has 0 radical (unpaired) electrons. The molecule has 0 saturated heterocycles. The molecular weight excluding hydrogens is 373 g/mol. The van der Waals surface area contributed by atoms with Gasteiger partial charge in [0, 0.05) is 28.9 Å². The minimum atomic E-state index is -4.46. The Morgan fingerprint density at radius 2 is 2.04 bits per heavy atom. The van der Waals surface area contributed by atoms with E-state index in [0.29, 0.717) is 12.1 Å². The summed E-state index contributed by atoms with van der Waals surface area (Å²) in [5.74, 6) is 0.165. The summed E-state index contributed by atoms with van der Waals surface area (Å²) in [6.07, 6.45) is -1.56. The van der Waals surface area contributed by atoms with Crippen molar-refractivity contribution in [1.82, 2.24) is 9.55 Å². The van der Waals surface area contributed by atoms with Gasteiger partial charge in [0.05, 0.1) is 11.6 Å². The van der Waals surface area contributed by atoms with E-state index in [1.807, 2.05) is 25.3 Å². The van der Waals surface area contributed by atoms with Crippen LogP contribution in [0.5, 0.6) is 0 Å². The van der Waals surface area contributed by atoms with Gasteiger partial charge in [-0.25, -0.2) is 0 Å². The summed E-state index contributed by atoms with van der Waals surface area (Å²) in [5.41, 5.74) is 2.46. The molecule has 0 bridgehead atoms. The normalized spacial score (nSPS) is 11.9. The second-order valence-corrected chi connectivity index (χ2v) is 7.62. The Labute approximate surface area is 161 Å². The Morgan fingerprint density at radius 3 is 2.48 bits per heavy atom. The molecule has 1 N–H and O–H groups in total. The molecule has 0 amide bonds. The highest BCUT2D eigenvalue weighted by Gasteiger charge is 2.32. The van der Waals surface area contributed by atoms with E-state index in [0.717, 1.165) is 32.8 Å². The predicted molar refractivity (Wildman–Crippen MR) is 103 cm³/mol. The van der Waals surface area contributed by atoms with Crippen LogP contribution in [0.25, 0.3) is 0 Å². The average Bonchev–Trinajstić information content (AvgIpc) is 2.86. The van der Waals surface area contributed by atoms with Crippen LogP contribution in [0.2, 0.25) is 0 Å². The molecule has 0 aliphatic carbocycles. The molecule has 3 nitrogen and oxygen atoms in total. The second-order valence-electron chi connectivity index (χ2n) is 6.50. The monoisotopic (exact) mass is 396 g/mol. The van der Waals surface area contributed by atoms with E-state index in [1.165, 1.54) is 24.0 Å². The van der Waals surface area contributed by atoms with Gasteiger partial charge in [-0.15, -0.1) is 0 Å². The van der Waals surface area contributed by atoms with Crippen molar-refractivity contribution in [2.75, 3.05) is 0 Å². The van der Waals surface area contributed by atoms with E-state index in [9.17, 15) is 18.3 Å². The first-order chi connectivity index (χ1) is 12.6. The third-order valence-electron chi connectivity index (χ3n) is 4.29. The summed E-state index contributed by atoms with van der Waals surface area (Å²) in [4.78, 5) is 4.29. The van der Waals surface area contributed by atoms with E-state index < -0.39 is 11.9 Å². The number of halogens is 3. The van der Waals surface area contributed by atoms with E-state index in [4.69, 9.17) is 0 Å². The molecule has 7 heteroatoms. The Bertz CT molecular complexity index is 836. The van der Waals surface area contributed by atoms with E-state index in [-0.39, 0.29) is 12.5 Å². The summed E-state index contributed by atoms with van der Waals surface area (Å²) in [6, 6.07) is 2.42. The van der Waals surface area contributed by atoms with Gasteiger partial charge in [0.15, 0.2) is 0 Å². The summed E-state index contributed by atoms with van der Waals surface area (Å²) in [7, 11) is 0. The van der Waals surface area contributed by atoms with Crippen molar-refractivity contribution in [2.24, 2.45) is 0 Å². The van der Waals surface area contributed by atoms with Crippen LogP contribution in [0.3, 0.4) is 0 Å². The van der Waals surface area contributed by atoms with Gasteiger partial charge in [0.25, 0.3) is 0 Å². The second kappa shape index (κ2) is 8.35. The number of thioether (sulfide) groups is 1. The molecule has 0 atom stereocenters. The lowest BCUT2D eigenvalue weighted by Gasteiger charge is -2.14. The maximum absolute atomic E-state index is 12.7. The minimum absolute atomic E-state index is 0.105. The van der Waals surface area contributed by atoms with E-state index in [2.05, 4.69) is 18.1 Å². The fraction of sp³-hybridized carbons (Fsp3) is 0.350. The first-order valence-electron chi connectivity index (χ1n) is 8.44. The van der Waals surface area contributed by atoms with Crippen LogP contribution >= 0.6 is 11.8 Å². The van der Waals surface area contributed by atoms with Crippen LogP contribution < -0.4 is 0 Å². The van der Waals surface area contributed by atoms with Gasteiger partial charge in [-0.2, -0.15) is 13.2 Å². The van der Waals surface area contributed by atoms with Crippen molar-refractivity contribution in [3.63, 3.8) is 0 Å². The molecule has 0 fully saturated rings. The predicted octanol–water partition coefficient (Wildman–Crippen LogP) is 5.67. The van der Waals surface area contributed by atoms with Crippen LogP contribution in [-0.2, 0) is 19.3 Å². The highest BCUT2D eigenvalue weighted by Crippen LogP contribution is 2.39. The highest BCUT2D eigenvalue weighted by molar-refractivity contribution is 8.03. The number of alkyl halides is 3. The number of hydrogen-bond donors (Lipinski definition) is 1. The van der Waals surface area contributed by atoms with Crippen molar-refractivity contribution < 1.29 is 18.3 Å². The van der Waals surface area contributed by atoms with Gasteiger partial charge in [0.2, 0.25) is 0 Å². The Balaban J connectivity index is 2.51. The van der Waals surface area contributed by atoms with Crippen molar-refractivity contribution >= 4 is 11.8 Å². The summed E-state index contributed by atoms with van der Waals surface area (Å²) in [6.45, 7) is 13.9. The van der Waals surface area contributed by atoms with Gasteiger partial charge < -0.3 is 9.67 Å². The number of aliphatic hydroxyl groups excluding tert-OH is 1. The molecule has 0 aliphatic heterocycles. The molecule has 0 aromatic carbocycles. The van der Waals surface area contributed by atoms with Crippen LogP contribution in [0, 0.1) is 6.92 Å². The first-order valence-corrected chi connectivity index (χ1v) is 9.25. The topological polar surface area (TPSA) is 38.0 Å². The molecule has 0 unspecified atom stereocenters. The molecule has 0 spiro atoms. The van der Waals surface area contributed by atoms with Crippen LogP contribution in [0.4, 0.5) is 13.2 Å². The van der Waals surface area contributed by atoms with Crippen molar-refractivity contribution in [3.05, 3.63) is 70.5 Å². The zero-order chi connectivity index (χ0) is 20.4. The molecule has 2 aromatic heterocycles. The number of aromatic nitrogens is 2. The Kier molecular flexibility index (Phi) is 6.59. The fourth-order valence-corrected chi connectivity index (χ4v) is 4.03. The summed E-state index contributed by atoms with van der Waals surface area (Å²) >= 11 is 1.44. The largest absolute Gasteiger partial charge is 0.433 e. The lowest BCUT2D eigenvalue weighted by molar-refractivity contribution is -0.141. The summed E-state index contributed by atoms with van der Waals surface area (Å²) < 4.78 is 40.2. The molecule has 0 saturated carbocycles. The standard InChI is InChI=1S/C20H23F3N2OS/c1-6-13(4)27-19-18(12(2)3)16(11-26)14(5)25(19)10-15-7-8-17(24-9-15)20(21,22)23/h6-9,12,26H,1,4,10-11H2,2-3,5H3. The first kappa shape index (κ1) is 21.3. The molecular formula is C20H23F3N2OS. The van der Waals surface area contributed by atoms with Crippen LogP contribution in [-0.4, -0.2) is 14.7 Å². The van der Waals surface area contributed by atoms with Gasteiger partial charge in [-0.1, -0.05) is 50.9 Å². The number of aliphatic hydroxyl groups is 1. The highest BCUT2D eigenvalue weighted by atomic mass is 32.2. The average molecular weight is 396 g/mol. The van der Waals surface area contributed by atoms with Crippen LogP contribution in [0.15, 0.2) is 47.5 Å². The zero-order valence-electron chi connectivity index (χ0n) is 15.6. The van der Waals surface area contributed by atoms with Gasteiger partial charge in [-0.05, 0) is 30.0 Å². The SMILES string of the molecule is C=CC(=C)Sc1c(C(C)C)c(CO)c(C)n1Cc1ccc(C(F)(F)F)nc1. The zero-order valence-corrected chi connectivity index (χ0v) is 16.4. The molecule has 2 heterocycles. The number of allylic oxidation sites excluding steroid dienone is 1. The maximum Gasteiger partial charge on any atom is 0.433 e. The minimum Gasteiger partial charge on any atom is -0.392 e. The lowest BCUT2D eigenvalue weighted by Crippen LogP contribution is -2.09. The van der Waals surface area contributed by atoms with Crippen LogP contribution in [0.1, 0.15) is 47.8 Å². The van der Waals surface area contributed by atoms with E-state index >= 15 is 0 Å².